The zero-order valence-electron chi connectivity index (χ0n) is 10.7. The molecule has 0 atom stereocenters. The maximum Gasteiger partial charge on any atom is 0.522 e. The van der Waals surface area contributed by atoms with Crippen LogP contribution in [0.4, 0.5) is 18.0 Å². The van der Waals surface area contributed by atoms with Crippen LogP contribution >= 0.6 is 0 Å². The summed E-state index contributed by atoms with van der Waals surface area (Å²) in [5.74, 6) is -1.21. The molecule has 0 aromatic rings. The molecule has 20 heavy (non-hydrogen) atoms. The van der Waals surface area contributed by atoms with Gasteiger partial charge in [0.05, 0.1) is 12.5 Å². The molecule has 0 radical (unpaired) electrons. The van der Waals surface area contributed by atoms with Gasteiger partial charge in [0.1, 0.15) is 0 Å². The Morgan fingerprint density at radius 2 is 1.80 bits per heavy atom. The number of ether oxygens (including phenoxy) is 1. The molecule has 2 amide bonds. The van der Waals surface area contributed by atoms with E-state index < -0.39 is 25.0 Å². The Labute approximate surface area is 113 Å². The minimum atomic E-state index is -4.70. The van der Waals surface area contributed by atoms with Crippen LogP contribution in [-0.2, 0) is 9.53 Å². The van der Waals surface area contributed by atoms with Crippen LogP contribution in [0.25, 0.3) is 0 Å². The highest BCUT2D eigenvalue weighted by Gasteiger charge is 2.29. The number of carboxylic acids is 1. The molecule has 3 N–H and O–H groups in total. The number of hydrogen-bond donors (Lipinski definition) is 3. The van der Waals surface area contributed by atoms with Gasteiger partial charge in [-0.2, -0.15) is 0 Å². The molecule has 116 valence electrons. The van der Waals surface area contributed by atoms with Crippen LogP contribution in [-0.4, -0.2) is 42.7 Å². The second kappa shape index (κ2) is 7.32. The first-order valence-corrected chi connectivity index (χ1v) is 6.26. The molecule has 1 rings (SSSR count). The third kappa shape index (κ3) is 6.60. The lowest BCUT2D eigenvalue weighted by Crippen LogP contribution is -2.45. The predicted octanol–water partition coefficient (Wildman–Crippen LogP) is 1.47. The van der Waals surface area contributed by atoms with Gasteiger partial charge in [-0.05, 0) is 25.7 Å². The number of carbonyl (C=O) groups is 2. The number of nitrogens with one attached hydrogen (secondary N) is 2. The third-order valence-electron chi connectivity index (χ3n) is 3.06. The molecule has 0 aromatic heterocycles. The second-order valence-corrected chi connectivity index (χ2v) is 4.58. The fourth-order valence-corrected chi connectivity index (χ4v) is 2.05. The molecule has 0 unspecified atom stereocenters. The van der Waals surface area contributed by atoms with E-state index in [2.05, 4.69) is 15.4 Å². The molecule has 1 saturated carbocycles. The first-order valence-electron chi connectivity index (χ1n) is 6.26. The largest absolute Gasteiger partial charge is 0.522 e. The van der Waals surface area contributed by atoms with Crippen molar-refractivity contribution in [2.24, 2.45) is 5.92 Å². The van der Waals surface area contributed by atoms with Crippen molar-refractivity contribution in [1.82, 2.24) is 10.6 Å². The van der Waals surface area contributed by atoms with Gasteiger partial charge in [-0.1, -0.05) is 0 Å². The number of carboxylic acid groups (broad SMARTS) is 1. The summed E-state index contributed by atoms with van der Waals surface area (Å²) in [5, 5.41) is 13.7. The summed E-state index contributed by atoms with van der Waals surface area (Å²) in [6.07, 6.45) is -2.64. The number of urea groups is 1. The zero-order chi connectivity index (χ0) is 15.2. The molecule has 0 heterocycles. The van der Waals surface area contributed by atoms with Gasteiger partial charge in [-0.15, -0.1) is 13.2 Å². The van der Waals surface area contributed by atoms with Crippen LogP contribution in [0.3, 0.4) is 0 Å². The Kier molecular flexibility index (Phi) is 6.05. The summed E-state index contributed by atoms with van der Waals surface area (Å²) in [7, 11) is 0. The highest BCUT2D eigenvalue weighted by molar-refractivity contribution is 5.74. The molecule has 1 aliphatic carbocycles. The average Bonchev–Trinajstić information content (AvgIpc) is 2.34. The number of carbonyl (C=O) groups excluding carboxylic acids is 1. The number of halogens is 3. The molecule has 6 nitrogen and oxygen atoms in total. The Morgan fingerprint density at radius 3 is 2.30 bits per heavy atom. The van der Waals surface area contributed by atoms with Crippen molar-refractivity contribution in [3.63, 3.8) is 0 Å². The van der Waals surface area contributed by atoms with E-state index in [1.165, 1.54) is 0 Å². The fraction of sp³-hybridized carbons (Fsp3) is 0.818. The molecular weight excluding hydrogens is 281 g/mol. The molecule has 0 aromatic carbocycles. The van der Waals surface area contributed by atoms with Crippen LogP contribution in [0.1, 0.15) is 25.7 Å². The van der Waals surface area contributed by atoms with Gasteiger partial charge >= 0.3 is 18.4 Å². The fourth-order valence-electron chi connectivity index (χ4n) is 2.05. The molecular formula is C11H17F3N2O4. The van der Waals surface area contributed by atoms with Gasteiger partial charge in [0, 0.05) is 12.6 Å². The molecule has 0 saturated heterocycles. The smallest absolute Gasteiger partial charge is 0.481 e. The minimum Gasteiger partial charge on any atom is -0.481 e. The van der Waals surface area contributed by atoms with E-state index in [1.807, 2.05) is 0 Å². The third-order valence-corrected chi connectivity index (χ3v) is 3.06. The molecule has 0 aliphatic heterocycles. The van der Waals surface area contributed by atoms with Crippen molar-refractivity contribution >= 4 is 12.0 Å². The molecule has 1 aliphatic rings. The molecule has 1 fully saturated rings. The van der Waals surface area contributed by atoms with Crippen molar-refractivity contribution in [3.05, 3.63) is 0 Å². The number of hydrogen-bond acceptors (Lipinski definition) is 3. The van der Waals surface area contributed by atoms with Gasteiger partial charge < -0.3 is 15.7 Å². The highest BCUT2D eigenvalue weighted by Crippen LogP contribution is 2.24. The van der Waals surface area contributed by atoms with Crippen LogP contribution in [0.5, 0.6) is 0 Å². The summed E-state index contributed by atoms with van der Waals surface area (Å²) in [5.41, 5.74) is 0. The number of aliphatic carboxylic acids is 1. The van der Waals surface area contributed by atoms with Crippen molar-refractivity contribution in [2.45, 2.75) is 38.1 Å². The maximum absolute atomic E-state index is 11.7. The van der Waals surface area contributed by atoms with Gasteiger partial charge in [-0.25, -0.2) is 4.79 Å². The Hall–Kier alpha value is -1.51. The standard InChI is InChI=1S/C11H17F3N2O4/c12-11(13,14)20-6-5-15-10(19)16-8-3-1-7(2-4-8)9(17)18/h7-8H,1-6H2,(H,17,18)(H2,15,16,19). The summed E-state index contributed by atoms with van der Waals surface area (Å²) in [4.78, 5) is 22.1. The van der Waals surface area contributed by atoms with E-state index in [0.29, 0.717) is 25.7 Å². The average molecular weight is 298 g/mol. The van der Waals surface area contributed by atoms with Crippen LogP contribution in [0.15, 0.2) is 0 Å². The highest BCUT2D eigenvalue weighted by atomic mass is 19.4. The quantitative estimate of drug-likeness (QED) is 0.671. The molecule has 0 spiro atoms. The van der Waals surface area contributed by atoms with Gasteiger partial charge in [0.2, 0.25) is 0 Å². The van der Waals surface area contributed by atoms with Crippen molar-refractivity contribution in [1.29, 1.82) is 0 Å². The first-order chi connectivity index (χ1) is 9.28. The summed E-state index contributed by atoms with van der Waals surface area (Å²) >= 11 is 0. The summed E-state index contributed by atoms with van der Waals surface area (Å²) in [6.45, 7) is -0.904. The molecule has 0 bridgehead atoms. The van der Waals surface area contributed by atoms with Gasteiger partial charge in [-0.3, -0.25) is 9.53 Å². The monoisotopic (exact) mass is 298 g/mol. The Morgan fingerprint density at radius 1 is 1.20 bits per heavy atom. The second-order valence-electron chi connectivity index (χ2n) is 4.58. The number of alkyl halides is 3. The number of rotatable bonds is 5. The Bertz CT molecular complexity index is 341. The van der Waals surface area contributed by atoms with Crippen molar-refractivity contribution < 1.29 is 32.6 Å². The van der Waals surface area contributed by atoms with E-state index in [-0.39, 0.29) is 18.5 Å². The van der Waals surface area contributed by atoms with Crippen molar-refractivity contribution in [3.8, 4) is 0 Å². The lowest BCUT2D eigenvalue weighted by molar-refractivity contribution is -0.323. The molecule has 9 heteroatoms. The summed E-state index contributed by atoms with van der Waals surface area (Å²) < 4.78 is 38.5. The van der Waals surface area contributed by atoms with Gasteiger partial charge in [0.25, 0.3) is 0 Å². The summed E-state index contributed by atoms with van der Waals surface area (Å²) in [6, 6.07) is -0.719. The number of amides is 2. The van der Waals surface area contributed by atoms with Crippen LogP contribution in [0, 0.1) is 5.92 Å². The predicted molar refractivity (Wildman–Crippen MR) is 61.9 cm³/mol. The maximum atomic E-state index is 11.7. The van der Waals surface area contributed by atoms with E-state index in [1.54, 1.807) is 0 Å². The van der Waals surface area contributed by atoms with Crippen LogP contribution < -0.4 is 10.6 Å². The van der Waals surface area contributed by atoms with Crippen LogP contribution in [0.2, 0.25) is 0 Å². The topological polar surface area (TPSA) is 87.7 Å². The van der Waals surface area contributed by atoms with Gasteiger partial charge in [0.15, 0.2) is 0 Å². The normalized spacial score (nSPS) is 23.1. The Balaban J connectivity index is 2.13. The van der Waals surface area contributed by atoms with Crippen molar-refractivity contribution in [2.75, 3.05) is 13.2 Å². The SMILES string of the molecule is O=C(NCCOC(F)(F)F)NC1CCC(C(=O)O)CC1. The lowest BCUT2D eigenvalue weighted by atomic mass is 9.86. The van der Waals surface area contributed by atoms with E-state index in [4.69, 9.17) is 5.11 Å². The van der Waals surface area contributed by atoms with E-state index in [9.17, 15) is 22.8 Å². The minimum absolute atomic E-state index is 0.144. The van der Waals surface area contributed by atoms with E-state index >= 15 is 0 Å². The van der Waals surface area contributed by atoms with E-state index in [0.717, 1.165) is 0 Å². The first kappa shape index (κ1) is 16.5. The lowest BCUT2D eigenvalue weighted by Gasteiger charge is -2.26. The zero-order valence-corrected chi connectivity index (χ0v) is 10.7.